The molecular formula is C7H10O4. The molecule has 0 spiro atoms. The molecule has 4 nitrogen and oxygen atoms in total. The van der Waals surface area contributed by atoms with Crippen LogP contribution < -0.4 is 0 Å². The van der Waals surface area contributed by atoms with Gasteiger partial charge in [0.05, 0.1) is 6.10 Å². The summed E-state index contributed by atoms with van der Waals surface area (Å²) >= 11 is 0. The number of hydrogen-bond donors (Lipinski definition) is 1. The number of ether oxygens (including phenoxy) is 2. The van der Waals surface area contributed by atoms with E-state index in [1.807, 2.05) is 0 Å². The normalized spacial score (nSPS) is 30.5. The zero-order valence-electron chi connectivity index (χ0n) is 6.19. The van der Waals surface area contributed by atoms with E-state index in [0.29, 0.717) is 12.7 Å². The van der Waals surface area contributed by atoms with Crippen molar-refractivity contribution in [1.82, 2.24) is 0 Å². The number of aldehydes is 1. The van der Waals surface area contributed by atoms with Gasteiger partial charge in [-0.25, -0.2) is 0 Å². The van der Waals surface area contributed by atoms with Crippen molar-refractivity contribution in [3.63, 3.8) is 0 Å². The smallest absolute Gasteiger partial charge is 0.202 e. The Morgan fingerprint density at radius 1 is 1.91 bits per heavy atom. The van der Waals surface area contributed by atoms with Crippen molar-refractivity contribution in [1.29, 1.82) is 0 Å². The zero-order chi connectivity index (χ0) is 8.27. The molecule has 0 saturated carbocycles. The van der Waals surface area contributed by atoms with Crippen LogP contribution in [0.15, 0.2) is 11.8 Å². The molecule has 2 unspecified atom stereocenters. The number of allylic oxidation sites excluding steroid dienone is 1. The number of aliphatic hydroxyl groups excluding tert-OH is 1. The molecule has 1 aliphatic rings. The predicted molar refractivity (Wildman–Crippen MR) is 36.7 cm³/mol. The number of carbonyl (C=O) groups is 1. The number of carbonyl (C=O) groups excluding carboxylic acids is 1. The monoisotopic (exact) mass is 158 g/mol. The molecule has 0 aromatic rings. The van der Waals surface area contributed by atoms with Gasteiger partial charge >= 0.3 is 0 Å². The first kappa shape index (κ1) is 8.23. The molecule has 4 heteroatoms. The summed E-state index contributed by atoms with van der Waals surface area (Å²) < 4.78 is 9.78. The molecule has 1 heterocycles. The first-order chi connectivity index (χ1) is 5.26. The number of aliphatic hydroxyl groups is 1. The van der Waals surface area contributed by atoms with E-state index < -0.39 is 12.4 Å². The molecule has 0 saturated heterocycles. The summed E-state index contributed by atoms with van der Waals surface area (Å²) in [5, 5.41) is 9.12. The van der Waals surface area contributed by atoms with Crippen molar-refractivity contribution in [2.75, 3.05) is 7.11 Å². The molecule has 0 aromatic heterocycles. The lowest BCUT2D eigenvalue weighted by molar-refractivity contribution is -0.134. The SMILES string of the molecule is COC1CC(O)C=C(C=O)O1. The molecule has 1 aliphatic heterocycles. The molecule has 62 valence electrons. The molecule has 0 aromatic carbocycles. The highest BCUT2D eigenvalue weighted by Gasteiger charge is 2.20. The van der Waals surface area contributed by atoms with E-state index in [-0.39, 0.29) is 5.76 Å². The van der Waals surface area contributed by atoms with Crippen LogP contribution >= 0.6 is 0 Å². The number of hydrogen-bond acceptors (Lipinski definition) is 4. The summed E-state index contributed by atoms with van der Waals surface area (Å²) in [6.07, 6.45) is 1.13. The van der Waals surface area contributed by atoms with Crippen LogP contribution in [-0.4, -0.2) is 30.9 Å². The van der Waals surface area contributed by atoms with E-state index >= 15 is 0 Å². The van der Waals surface area contributed by atoms with Crippen molar-refractivity contribution in [3.8, 4) is 0 Å². The van der Waals surface area contributed by atoms with Crippen LogP contribution in [-0.2, 0) is 14.3 Å². The van der Waals surface area contributed by atoms with Crippen molar-refractivity contribution in [2.24, 2.45) is 0 Å². The molecule has 2 atom stereocenters. The van der Waals surface area contributed by atoms with Gasteiger partial charge in [-0.2, -0.15) is 0 Å². The summed E-state index contributed by atoms with van der Waals surface area (Å²) in [7, 11) is 1.46. The third kappa shape index (κ3) is 2.03. The Morgan fingerprint density at radius 2 is 2.64 bits per heavy atom. The van der Waals surface area contributed by atoms with E-state index in [1.54, 1.807) is 0 Å². The van der Waals surface area contributed by atoms with Gasteiger partial charge in [-0.05, 0) is 6.08 Å². The van der Waals surface area contributed by atoms with Gasteiger partial charge in [0.1, 0.15) is 0 Å². The van der Waals surface area contributed by atoms with Gasteiger partial charge in [0, 0.05) is 13.5 Å². The summed E-state index contributed by atoms with van der Waals surface area (Å²) in [5.74, 6) is 0.135. The Kier molecular flexibility index (Phi) is 2.62. The molecule has 1 rings (SSSR count). The highest BCUT2D eigenvalue weighted by atomic mass is 16.7. The maximum atomic E-state index is 10.2. The molecule has 0 amide bonds. The van der Waals surface area contributed by atoms with Crippen molar-refractivity contribution >= 4 is 6.29 Å². The highest BCUT2D eigenvalue weighted by molar-refractivity contribution is 5.70. The van der Waals surface area contributed by atoms with Crippen LogP contribution in [0, 0.1) is 0 Å². The van der Waals surface area contributed by atoms with E-state index in [2.05, 4.69) is 0 Å². The minimum atomic E-state index is -0.645. The van der Waals surface area contributed by atoms with Gasteiger partial charge < -0.3 is 14.6 Å². The third-order valence-corrected chi connectivity index (χ3v) is 1.44. The Balaban J connectivity index is 2.61. The fourth-order valence-electron chi connectivity index (χ4n) is 0.905. The van der Waals surface area contributed by atoms with Crippen molar-refractivity contribution < 1.29 is 19.4 Å². The van der Waals surface area contributed by atoms with Crippen LogP contribution in [0.4, 0.5) is 0 Å². The molecule has 11 heavy (non-hydrogen) atoms. The van der Waals surface area contributed by atoms with E-state index in [9.17, 15) is 4.79 Å². The molecular weight excluding hydrogens is 148 g/mol. The third-order valence-electron chi connectivity index (χ3n) is 1.44. The Hall–Kier alpha value is -0.870. The fourth-order valence-corrected chi connectivity index (χ4v) is 0.905. The lowest BCUT2D eigenvalue weighted by Gasteiger charge is -2.23. The summed E-state index contributed by atoms with van der Waals surface area (Å²) in [4.78, 5) is 10.2. The first-order valence-corrected chi connectivity index (χ1v) is 3.30. The van der Waals surface area contributed by atoms with Crippen LogP contribution in [0.3, 0.4) is 0 Å². The second-order valence-corrected chi connectivity index (χ2v) is 2.27. The largest absolute Gasteiger partial charge is 0.462 e. The second kappa shape index (κ2) is 3.50. The fraction of sp³-hybridized carbons (Fsp3) is 0.571. The van der Waals surface area contributed by atoms with Gasteiger partial charge in [0.2, 0.25) is 6.29 Å². The highest BCUT2D eigenvalue weighted by Crippen LogP contribution is 2.15. The second-order valence-electron chi connectivity index (χ2n) is 2.27. The van der Waals surface area contributed by atoms with E-state index in [0.717, 1.165) is 0 Å². The summed E-state index contributed by atoms with van der Waals surface area (Å²) in [6.45, 7) is 0. The van der Waals surface area contributed by atoms with Crippen molar-refractivity contribution in [3.05, 3.63) is 11.8 Å². The standard InChI is InChI=1S/C7H10O4/c1-10-7-3-5(9)2-6(4-8)11-7/h2,4-5,7,9H,3H2,1H3. The topological polar surface area (TPSA) is 55.8 Å². The molecule has 0 radical (unpaired) electrons. The Labute approximate surface area is 64.4 Å². The van der Waals surface area contributed by atoms with Crippen LogP contribution in [0.1, 0.15) is 6.42 Å². The number of rotatable bonds is 2. The van der Waals surface area contributed by atoms with Gasteiger partial charge in [0.25, 0.3) is 0 Å². The summed E-state index contributed by atoms with van der Waals surface area (Å²) in [6, 6.07) is 0. The van der Waals surface area contributed by atoms with Gasteiger partial charge in [-0.15, -0.1) is 0 Å². The van der Waals surface area contributed by atoms with E-state index in [1.165, 1.54) is 13.2 Å². The van der Waals surface area contributed by atoms with Crippen LogP contribution in [0.2, 0.25) is 0 Å². The molecule has 1 N–H and O–H groups in total. The van der Waals surface area contributed by atoms with Gasteiger partial charge in [0.15, 0.2) is 12.0 Å². The van der Waals surface area contributed by atoms with Gasteiger partial charge in [-0.3, -0.25) is 4.79 Å². The van der Waals surface area contributed by atoms with Gasteiger partial charge in [-0.1, -0.05) is 0 Å². The maximum Gasteiger partial charge on any atom is 0.202 e. The number of methoxy groups -OCH3 is 1. The minimum Gasteiger partial charge on any atom is -0.462 e. The first-order valence-electron chi connectivity index (χ1n) is 3.30. The van der Waals surface area contributed by atoms with Crippen molar-refractivity contribution in [2.45, 2.75) is 18.8 Å². The Bertz CT molecular complexity index is 175. The molecule has 0 fully saturated rings. The lowest BCUT2D eigenvalue weighted by Crippen LogP contribution is -2.26. The quantitative estimate of drug-likeness (QED) is 0.566. The molecule has 0 bridgehead atoms. The summed E-state index contributed by atoms with van der Waals surface area (Å²) in [5.41, 5.74) is 0. The minimum absolute atomic E-state index is 0.135. The average molecular weight is 158 g/mol. The predicted octanol–water partition coefficient (Wildman–Crippen LogP) is -0.177. The average Bonchev–Trinajstić information content (AvgIpc) is 2.03. The van der Waals surface area contributed by atoms with Crippen LogP contribution in [0.5, 0.6) is 0 Å². The van der Waals surface area contributed by atoms with Crippen LogP contribution in [0.25, 0.3) is 0 Å². The lowest BCUT2D eigenvalue weighted by atomic mass is 10.2. The maximum absolute atomic E-state index is 10.2. The zero-order valence-corrected chi connectivity index (χ0v) is 6.19. The molecule has 0 aliphatic carbocycles. The Morgan fingerprint density at radius 3 is 3.18 bits per heavy atom. The van der Waals surface area contributed by atoms with E-state index in [4.69, 9.17) is 14.6 Å².